The first kappa shape index (κ1) is 18.2. The van der Waals surface area contributed by atoms with Crippen LogP contribution < -0.4 is 11.1 Å². The Morgan fingerprint density at radius 3 is 2.85 bits per heavy atom. The van der Waals surface area contributed by atoms with Crippen LogP contribution in [-0.4, -0.2) is 29.4 Å². The number of phenolic OH excluding ortho intramolecular Hbond substituents is 1. The molecule has 3 rings (SSSR count). The topological polar surface area (TPSA) is 83.5 Å². The fraction of sp³-hybridized carbons (Fsp3) is 0.300. The summed E-state index contributed by atoms with van der Waals surface area (Å²) in [4.78, 5) is 9.08. The summed E-state index contributed by atoms with van der Waals surface area (Å²) in [7, 11) is 0. The van der Waals surface area contributed by atoms with Gasteiger partial charge in [0.25, 0.3) is 0 Å². The Balaban J connectivity index is 1.89. The molecule has 0 amide bonds. The van der Waals surface area contributed by atoms with Crippen LogP contribution in [0.5, 0.6) is 5.75 Å². The predicted molar refractivity (Wildman–Crippen MR) is 109 cm³/mol. The molecular formula is C20H24N4OS. The minimum atomic E-state index is 0.0633. The summed E-state index contributed by atoms with van der Waals surface area (Å²) in [5.41, 5.74) is 9.04. The van der Waals surface area contributed by atoms with E-state index in [9.17, 15) is 5.11 Å². The van der Waals surface area contributed by atoms with Crippen LogP contribution in [-0.2, 0) is 0 Å². The molecule has 1 aliphatic heterocycles. The highest BCUT2D eigenvalue weighted by atomic mass is 32.1. The van der Waals surface area contributed by atoms with Crippen molar-refractivity contribution in [3.05, 3.63) is 64.8 Å². The minimum Gasteiger partial charge on any atom is -0.508 e. The van der Waals surface area contributed by atoms with Crippen LogP contribution in [0.2, 0.25) is 0 Å². The number of aromatic hydroxyl groups is 1. The molecule has 1 aliphatic rings. The van der Waals surface area contributed by atoms with Crippen molar-refractivity contribution in [1.29, 1.82) is 0 Å². The van der Waals surface area contributed by atoms with Gasteiger partial charge in [-0.3, -0.25) is 4.99 Å². The Labute approximate surface area is 158 Å². The lowest BCUT2D eigenvalue weighted by Gasteiger charge is -2.16. The fourth-order valence-corrected chi connectivity index (χ4v) is 3.51. The molecule has 136 valence electrons. The summed E-state index contributed by atoms with van der Waals surface area (Å²) in [5.74, 6) is 0.323. The first-order valence-electron chi connectivity index (χ1n) is 8.81. The molecule has 0 saturated heterocycles. The molecule has 2 aromatic rings. The predicted octanol–water partition coefficient (Wildman–Crippen LogP) is 3.85. The molecule has 0 spiro atoms. The Morgan fingerprint density at radius 1 is 1.23 bits per heavy atom. The van der Waals surface area contributed by atoms with Crippen molar-refractivity contribution in [3.8, 4) is 5.75 Å². The Hall–Kier alpha value is -2.60. The van der Waals surface area contributed by atoms with Gasteiger partial charge in [-0.1, -0.05) is 18.2 Å². The highest BCUT2D eigenvalue weighted by Gasteiger charge is 2.18. The van der Waals surface area contributed by atoms with Crippen molar-refractivity contribution < 1.29 is 5.11 Å². The second kappa shape index (κ2) is 9.20. The maximum Gasteiger partial charge on any atom is 0.180 e. The zero-order chi connectivity index (χ0) is 18.2. The third kappa shape index (κ3) is 5.20. The number of nitrogen functional groups attached to an aromatic ring is 1. The van der Waals surface area contributed by atoms with E-state index in [2.05, 4.69) is 21.4 Å². The van der Waals surface area contributed by atoms with Crippen molar-refractivity contribution in [2.45, 2.75) is 25.2 Å². The van der Waals surface area contributed by atoms with Crippen molar-refractivity contribution in [2.24, 2.45) is 4.99 Å². The second-order valence-electron chi connectivity index (χ2n) is 6.26. The van der Waals surface area contributed by atoms with E-state index >= 15 is 0 Å². The normalized spacial score (nSPS) is 19.6. The minimum absolute atomic E-state index is 0.0633. The zero-order valence-corrected chi connectivity index (χ0v) is 15.5. The summed E-state index contributed by atoms with van der Waals surface area (Å²) < 4.78 is 0. The van der Waals surface area contributed by atoms with E-state index in [1.54, 1.807) is 12.1 Å². The number of phenols is 1. The van der Waals surface area contributed by atoms with Gasteiger partial charge in [0.15, 0.2) is 5.13 Å². The molecule has 2 heterocycles. The zero-order valence-electron chi connectivity index (χ0n) is 14.6. The highest BCUT2D eigenvalue weighted by Crippen LogP contribution is 2.32. The third-order valence-electron chi connectivity index (χ3n) is 4.27. The number of benzene rings is 1. The molecule has 6 heteroatoms. The van der Waals surface area contributed by atoms with E-state index in [-0.39, 0.29) is 11.7 Å². The van der Waals surface area contributed by atoms with E-state index in [1.807, 2.05) is 36.0 Å². The Bertz CT molecular complexity index is 792. The lowest BCUT2D eigenvalue weighted by Crippen LogP contribution is -2.06. The average Bonchev–Trinajstić information content (AvgIpc) is 3.04. The van der Waals surface area contributed by atoms with Gasteiger partial charge >= 0.3 is 0 Å². The number of hydrogen-bond acceptors (Lipinski definition) is 6. The molecule has 1 aromatic heterocycles. The molecule has 0 fully saturated rings. The van der Waals surface area contributed by atoms with Crippen LogP contribution in [0.4, 0.5) is 5.13 Å². The highest BCUT2D eigenvalue weighted by molar-refractivity contribution is 7.13. The van der Waals surface area contributed by atoms with Crippen LogP contribution in [0.15, 0.2) is 58.6 Å². The van der Waals surface area contributed by atoms with Crippen LogP contribution in [0.1, 0.15) is 36.4 Å². The monoisotopic (exact) mass is 368 g/mol. The second-order valence-corrected chi connectivity index (χ2v) is 7.15. The van der Waals surface area contributed by atoms with Gasteiger partial charge in [-0.25, -0.2) is 4.98 Å². The van der Waals surface area contributed by atoms with Crippen LogP contribution in [0.25, 0.3) is 0 Å². The van der Waals surface area contributed by atoms with Crippen LogP contribution in [0.3, 0.4) is 0 Å². The molecule has 0 saturated carbocycles. The maximum absolute atomic E-state index is 9.61. The molecule has 0 aliphatic carbocycles. The molecule has 1 aromatic carbocycles. The molecule has 5 nitrogen and oxygen atoms in total. The Kier molecular flexibility index (Phi) is 6.44. The number of nitrogens with zero attached hydrogens (tertiary/aromatic N) is 2. The van der Waals surface area contributed by atoms with Crippen LogP contribution in [0, 0.1) is 0 Å². The summed E-state index contributed by atoms with van der Waals surface area (Å²) >= 11 is 1.45. The summed E-state index contributed by atoms with van der Waals surface area (Å²) in [6.45, 7) is 1.82. The van der Waals surface area contributed by atoms with Gasteiger partial charge in [0, 0.05) is 30.6 Å². The number of aromatic nitrogens is 1. The van der Waals surface area contributed by atoms with Crippen molar-refractivity contribution >= 4 is 22.7 Å². The first-order valence-corrected chi connectivity index (χ1v) is 9.69. The average molecular weight is 369 g/mol. The van der Waals surface area contributed by atoms with Crippen molar-refractivity contribution in [2.75, 3.05) is 18.8 Å². The van der Waals surface area contributed by atoms with Gasteiger partial charge < -0.3 is 16.2 Å². The molecule has 26 heavy (non-hydrogen) atoms. The SMILES string of the molecule is Nc1nc(C(C/C2=C/C=C/NCCCCN=C2)c2ccc(O)cc2)cs1. The summed E-state index contributed by atoms with van der Waals surface area (Å²) in [6.07, 6.45) is 11.0. The Morgan fingerprint density at radius 2 is 2.08 bits per heavy atom. The number of rotatable bonds is 4. The van der Waals surface area contributed by atoms with Gasteiger partial charge in [0.1, 0.15) is 5.75 Å². The largest absolute Gasteiger partial charge is 0.508 e. The number of allylic oxidation sites excluding steroid dienone is 3. The van der Waals surface area contributed by atoms with Crippen molar-refractivity contribution in [3.63, 3.8) is 0 Å². The number of nitrogens with one attached hydrogen (secondary N) is 1. The lowest BCUT2D eigenvalue weighted by atomic mass is 9.89. The standard InChI is InChI=1S/C20H24N4OS/c21-20-24-19(14-26-20)18(16-5-7-17(25)8-6-16)12-15-4-3-11-22-9-1-2-10-23-13-15/h3-8,11,13-14,18,22,25H,1-2,9-10,12H2,(H2,21,24)/b11-3+,15-4-,23-13?. The number of anilines is 1. The van der Waals surface area contributed by atoms with E-state index in [0.29, 0.717) is 5.13 Å². The van der Waals surface area contributed by atoms with Gasteiger partial charge in [0.2, 0.25) is 0 Å². The fourth-order valence-electron chi connectivity index (χ4n) is 2.90. The summed E-state index contributed by atoms with van der Waals surface area (Å²) in [6, 6.07) is 7.30. The van der Waals surface area contributed by atoms with E-state index < -0.39 is 0 Å². The molecule has 4 N–H and O–H groups in total. The smallest absolute Gasteiger partial charge is 0.180 e. The lowest BCUT2D eigenvalue weighted by molar-refractivity contribution is 0.475. The van der Waals surface area contributed by atoms with Crippen LogP contribution >= 0.6 is 11.3 Å². The molecular weight excluding hydrogens is 344 g/mol. The van der Waals surface area contributed by atoms with Crippen molar-refractivity contribution in [1.82, 2.24) is 10.3 Å². The number of hydrogen-bond donors (Lipinski definition) is 3. The van der Waals surface area contributed by atoms with Gasteiger partial charge in [0.05, 0.1) is 5.69 Å². The quantitative estimate of drug-likeness (QED) is 0.765. The maximum atomic E-state index is 9.61. The van der Waals surface area contributed by atoms with Gasteiger partial charge in [-0.05, 0) is 54.8 Å². The molecule has 1 unspecified atom stereocenters. The number of thiazole rings is 1. The number of nitrogens with two attached hydrogens (primary N) is 1. The van der Waals surface area contributed by atoms with E-state index in [1.165, 1.54) is 11.3 Å². The first-order chi connectivity index (χ1) is 12.7. The molecule has 1 atom stereocenters. The van der Waals surface area contributed by atoms with Gasteiger partial charge in [-0.15, -0.1) is 11.3 Å². The molecule has 0 radical (unpaired) electrons. The molecule has 0 bridgehead atoms. The third-order valence-corrected chi connectivity index (χ3v) is 4.96. The van der Waals surface area contributed by atoms with E-state index in [0.717, 1.165) is 49.2 Å². The van der Waals surface area contributed by atoms with E-state index in [4.69, 9.17) is 5.73 Å². The summed E-state index contributed by atoms with van der Waals surface area (Å²) in [5, 5.41) is 15.5. The van der Waals surface area contributed by atoms with Gasteiger partial charge in [-0.2, -0.15) is 0 Å². The number of aliphatic imine (C=N–C) groups is 1.